The third-order valence-corrected chi connectivity index (χ3v) is 4.03. The smallest absolute Gasteiger partial charge is 0.133 e. The Kier molecular flexibility index (Phi) is 3.72. The van der Waals surface area contributed by atoms with Gasteiger partial charge < -0.3 is 4.90 Å². The molecule has 0 unspecified atom stereocenters. The van der Waals surface area contributed by atoms with E-state index in [0.717, 1.165) is 29.1 Å². The summed E-state index contributed by atoms with van der Waals surface area (Å²) in [5.74, 6) is 0.400. The van der Waals surface area contributed by atoms with Gasteiger partial charge in [0.1, 0.15) is 5.78 Å². The molecular weight excluding hydrogens is 234 g/mol. The lowest BCUT2D eigenvalue weighted by Gasteiger charge is -2.32. The van der Waals surface area contributed by atoms with E-state index in [9.17, 15) is 4.79 Å². The van der Waals surface area contributed by atoms with E-state index in [-0.39, 0.29) is 0 Å². The molecule has 1 aromatic rings. The van der Waals surface area contributed by atoms with Crippen LogP contribution in [0, 0.1) is 6.92 Å². The van der Waals surface area contributed by atoms with Crippen molar-refractivity contribution in [1.29, 1.82) is 0 Å². The van der Waals surface area contributed by atoms with E-state index in [4.69, 9.17) is 11.6 Å². The summed E-state index contributed by atoms with van der Waals surface area (Å²) in [6.07, 6.45) is 3.35. The molecule has 0 aliphatic heterocycles. The number of carbonyl (C=O) groups is 1. The van der Waals surface area contributed by atoms with Crippen molar-refractivity contribution >= 4 is 23.1 Å². The summed E-state index contributed by atoms with van der Waals surface area (Å²) in [6, 6.07) is 6.61. The summed E-state index contributed by atoms with van der Waals surface area (Å²) in [6.45, 7) is 2.01. The summed E-state index contributed by atoms with van der Waals surface area (Å²) in [7, 11) is 2.08. The maximum atomic E-state index is 11.2. The Balaban J connectivity index is 2.11. The molecule has 0 atom stereocenters. The Morgan fingerprint density at radius 3 is 2.53 bits per heavy atom. The zero-order chi connectivity index (χ0) is 12.4. The van der Waals surface area contributed by atoms with Gasteiger partial charge in [-0.3, -0.25) is 4.79 Å². The Hall–Kier alpha value is -1.02. The molecule has 0 heterocycles. The summed E-state index contributed by atoms with van der Waals surface area (Å²) in [5, 5.41) is 0.807. The first kappa shape index (κ1) is 12.4. The van der Waals surface area contributed by atoms with Crippen molar-refractivity contribution in [1.82, 2.24) is 0 Å². The van der Waals surface area contributed by atoms with Crippen LogP contribution in [0.1, 0.15) is 31.2 Å². The number of nitrogens with zero attached hydrogens (tertiary/aromatic N) is 1. The second kappa shape index (κ2) is 5.09. The molecule has 0 N–H and O–H groups in total. The third-order valence-electron chi connectivity index (χ3n) is 3.62. The molecule has 0 radical (unpaired) electrons. The fourth-order valence-electron chi connectivity index (χ4n) is 2.32. The van der Waals surface area contributed by atoms with E-state index in [0.29, 0.717) is 24.7 Å². The summed E-state index contributed by atoms with van der Waals surface area (Å²) in [5.41, 5.74) is 2.24. The molecule has 0 bridgehead atoms. The van der Waals surface area contributed by atoms with Crippen LogP contribution in [0.2, 0.25) is 5.02 Å². The summed E-state index contributed by atoms with van der Waals surface area (Å²) >= 11 is 6.14. The average Bonchev–Trinajstić information content (AvgIpc) is 2.33. The van der Waals surface area contributed by atoms with Gasteiger partial charge in [-0.05, 0) is 37.5 Å². The fourth-order valence-corrected chi connectivity index (χ4v) is 2.50. The molecule has 2 nitrogen and oxygen atoms in total. The number of hydrogen-bond donors (Lipinski definition) is 0. The van der Waals surface area contributed by atoms with E-state index in [1.165, 1.54) is 0 Å². The lowest BCUT2D eigenvalue weighted by molar-refractivity contribution is -0.120. The number of rotatable bonds is 2. The van der Waals surface area contributed by atoms with Gasteiger partial charge in [-0.2, -0.15) is 0 Å². The molecule has 2 rings (SSSR count). The molecule has 1 aliphatic rings. The molecule has 0 amide bonds. The van der Waals surface area contributed by atoms with Crippen LogP contribution in [-0.4, -0.2) is 18.9 Å². The van der Waals surface area contributed by atoms with Crippen LogP contribution in [0.3, 0.4) is 0 Å². The maximum absolute atomic E-state index is 11.2. The van der Waals surface area contributed by atoms with Gasteiger partial charge in [0, 0.05) is 36.6 Å². The number of benzene rings is 1. The quantitative estimate of drug-likeness (QED) is 0.801. The van der Waals surface area contributed by atoms with E-state index >= 15 is 0 Å². The van der Waals surface area contributed by atoms with Crippen LogP contribution in [0.5, 0.6) is 0 Å². The van der Waals surface area contributed by atoms with Gasteiger partial charge in [-0.15, -0.1) is 0 Å². The topological polar surface area (TPSA) is 20.3 Å². The highest BCUT2D eigenvalue weighted by Crippen LogP contribution is 2.27. The van der Waals surface area contributed by atoms with Crippen molar-refractivity contribution in [3.05, 3.63) is 28.8 Å². The molecule has 1 aliphatic carbocycles. The van der Waals surface area contributed by atoms with Gasteiger partial charge in [0.15, 0.2) is 0 Å². The maximum Gasteiger partial charge on any atom is 0.133 e. The lowest BCUT2D eigenvalue weighted by Crippen LogP contribution is -2.35. The van der Waals surface area contributed by atoms with E-state index in [2.05, 4.69) is 18.0 Å². The van der Waals surface area contributed by atoms with Gasteiger partial charge in [0.05, 0.1) is 0 Å². The monoisotopic (exact) mass is 251 g/mol. The molecule has 0 spiro atoms. The highest BCUT2D eigenvalue weighted by atomic mass is 35.5. The van der Waals surface area contributed by atoms with Gasteiger partial charge in [-0.25, -0.2) is 0 Å². The third kappa shape index (κ3) is 2.81. The zero-order valence-electron chi connectivity index (χ0n) is 10.4. The normalized spacial score (nSPS) is 17.2. The van der Waals surface area contributed by atoms with E-state index in [1.54, 1.807) is 0 Å². The van der Waals surface area contributed by atoms with Gasteiger partial charge in [0.2, 0.25) is 0 Å². The van der Waals surface area contributed by atoms with Crippen LogP contribution in [0.4, 0.5) is 5.69 Å². The fraction of sp³-hybridized carbons (Fsp3) is 0.500. The molecular formula is C14H18ClNO. The van der Waals surface area contributed by atoms with Crippen LogP contribution >= 0.6 is 11.6 Å². The van der Waals surface area contributed by atoms with Crippen molar-refractivity contribution in [2.45, 2.75) is 38.6 Å². The standard InChI is InChI=1S/C14H18ClNO/c1-10-3-4-12(9-14(10)15)16(2)11-5-7-13(17)8-6-11/h3-4,9,11H,5-8H2,1-2H3. The first-order valence-corrected chi connectivity index (χ1v) is 6.46. The molecule has 1 saturated carbocycles. The van der Waals surface area contributed by atoms with Gasteiger partial charge in [0.25, 0.3) is 0 Å². The van der Waals surface area contributed by atoms with Gasteiger partial charge >= 0.3 is 0 Å². The predicted molar refractivity (Wildman–Crippen MR) is 71.9 cm³/mol. The van der Waals surface area contributed by atoms with Gasteiger partial charge in [-0.1, -0.05) is 17.7 Å². The molecule has 0 saturated heterocycles. The highest BCUT2D eigenvalue weighted by molar-refractivity contribution is 6.31. The molecule has 3 heteroatoms. The molecule has 17 heavy (non-hydrogen) atoms. The van der Waals surface area contributed by atoms with Crippen LogP contribution in [0.15, 0.2) is 18.2 Å². The Morgan fingerprint density at radius 2 is 1.94 bits per heavy atom. The minimum Gasteiger partial charge on any atom is -0.372 e. The van der Waals surface area contributed by atoms with Crippen LogP contribution in [-0.2, 0) is 4.79 Å². The number of hydrogen-bond acceptors (Lipinski definition) is 2. The molecule has 1 aromatic carbocycles. The number of carbonyl (C=O) groups excluding carboxylic acids is 1. The van der Waals surface area contributed by atoms with Crippen LogP contribution < -0.4 is 4.90 Å². The first-order valence-electron chi connectivity index (χ1n) is 6.08. The molecule has 92 valence electrons. The van der Waals surface area contributed by atoms with Crippen molar-refractivity contribution in [2.24, 2.45) is 0 Å². The first-order chi connectivity index (χ1) is 8.08. The lowest BCUT2D eigenvalue weighted by atomic mass is 9.93. The van der Waals surface area contributed by atoms with Crippen molar-refractivity contribution in [3.63, 3.8) is 0 Å². The number of ketones is 1. The number of aryl methyl sites for hydroxylation is 1. The number of anilines is 1. The minimum absolute atomic E-state index is 0.400. The second-order valence-electron chi connectivity index (χ2n) is 4.81. The SMILES string of the molecule is Cc1ccc(N(C)C2CCC(=O)CC2)cc1Cl. The van der Waals surface area contributed by atoms with Crippen LogP contribution in [0.25, 0.3) is 0 Å². The summed E-state index contributed by atoms with van der Waals surface area (Å²) < 4.78 is 0. The Morgan fingerprint density at radius 1 is 1.29 bits per heavy atom. The second-order valence-corrected chi connectivity index (χ2v) is 5.22. The van der Waals surface area contributed by atoms with Crippen molar-refractivity contribution in [3.8, 4) is 0 Å². The predicted octanol–water partition coefficient (Wildman–Crippen LogP) is 3.60. The zero-order valence-corrected chi connectivity index (χ0v) is 11.1. The number of Topliss-reactive ketones (excluding diaryl/α,β-unsaturated/α-hetero) is 1. The van der Waals surface area contributed by atoms with E-state index in [1.807, 2.05) is 19.1 Å². The molecule has 1 fully saturated rings. The number of halogens is 1. The van der Waals surface area contributed by atoms with Crippen molar-refractivity contribution < 1.29 is 4.79 Å². The Labute approximate surface area is 108 Å². The average molecular weight is 252 g/mol. The molecule has 0 aromatic heterocycles. The highest BCUT2D eigenvalue weighted by Gasteiger charge is 2.22. The summed E-state index contributed by atoms with van der Waals surface area (Å²) in [4.78, 5) is 13.5. The largest absolute Gasteiger partial charge is 0.372 e. The Bertz CT molecular complexity index is 420. The van der Waals surface area contributed by atoms with E-state index < -0.39 is 0 Å². The van der Waals surface area contributed by atoms with Crippen molar-refractivity contribution in [2.75, 3.05) is 11.9 Å². The minimum atomic E-state index is 0.400.